The van der Waals surface area contributed by atoms with Crippen molar-refractivity contribution in [1.82, 2.24) is 0 Å². The van der Waals surface area contributed by atoms with Crippen LogP contribution in [0.1, 0.15) is 18.0 Å². The van der Waals surface area contributed by atoms with E-state index in [1.54, 1.807) is 6.08 Å². The minimum absolute atomic E-state index is 0.184. The van der Waals surface area contributed by atoms with Gasteiger partial charge >= 0.3 is 0 Å². The van der Waals surface area contributed by atoms with Gasteiger partial charge in [-0.25, -0.2) is 4.39 Å². The van der Waals surface area contributed by atoms with Crippen molar-refractivity contribution in [2.75, 3.05) is 0 Å². The summed E-state index contributed by atoms with van der Waals surface area (Å²) in [7, 11) is 0. The van der Waals surface area contributed by atoms with Crippen LogP contribution in [0.2, 0.25) is 0 Å². The number of halogens is 2. The van der Waals surface area contributed by atoms with E-state index in [0.29, 0.717) is 6.42 Å². The van der Waals surface area contributed by atoms with E-state index in [1.807, 2.05) is 0 Å². The summed E-state index contributed by atoms with van der Waals surface area (Å²) in [4.78, 5) is 0. The van der Waals surface area contributed by atoms with Crippen molar-refractivity contribution in [2.45, 2.75) is 12.5 Å². The van der Waals surface area contributed by atoms with Gasteiger partial charge in [-0.3, -0.25) is 0 Å². The zero-order chi connectivity index (χ0) is 10.7. The summed E-state index contributed by atoms with van der Waals surface area (Å²) in [6.07, 6.45) is 1.93. The third-order valence-electron chi connectivity index (χ3n) is 1.92. The average molecular weight is 199 g/mol. The first-order chi connectivity index (χ1) is 6.57. The van der Waals surface area contributed by atoms with Crippen LogP contribution in [0, 0.1) is 11.6 Å². The van der Waals surface area contributed by atoms with Gasteiger partial charge in [0.1, 0.15) is 0 Å². The van der Waals surface area contributed by atoms with E-state index in [4.69, 9.17) is 5.73 Å². The lowest BCUT2D eigenvalue weighted by Gasteiger charge is -2.11. The SMILES string of the molecule is C=CC[C@H](N)c1ccc(F)c(F)c1O. The quantitative estimate of drug-likeness (QED) is 0.733. The fourth-order valence-electron chi connectivity index (χ4n) is 1.16. The van der Waals surface area contributed by atoms with Gasteiger partial charge in [0.25, 0.3) is 0 Å². The number of phenols is 1. The lowest BCUT2D eigenvalue weighted by Crippen LogP contribution is -2.10. The summed E-state index contributed by atoms with van der Waals surface area (Å²) in [6, 6.07) is 1.64. The highest BCUT2D eigenvalue weighted by Gasteiger charge is 2.16. The smallest absolute Gasteiger partial charge is 0.200 e. The normalized spacial score (nSPS) is 12.5. The first-order valence-corrected chi connectivity index (χ1v) is 4.11. The number of hydrogen-bond donors (Lipinski definition) is 2. The molecule has 0 bridgehead atoms. The lowest BCUT2D eigenvalue weighted by atomic mass is 10.0. The van der Waals surface area contributed by atoms with E-state index in [-0.39, 0.29) is 5.56 Å². The van der Waals surface area contributed by atoms with Gasteiger partial charge in [0.2, 0.25) is 5.82 Å². The Labute approximate surface area is 80.7 Å². The molecule has 14 heavy (non-hydrogen) atoms. The van der Waals surface area contributed by atoms with Gasteiger partial charge in [0.15, 0.2) is 11.6 Å². The van der Waals surface area contributed by atoms with Crippen LogP contribution in [0.4, 0.5) is 8.78 Å². The minimum Gasteiger partial charge on any atom is -0.505 e. The first-order valence-electron chi connectivity index (χ1n) is 4.11. The Hall–Kier alpha value is -1.42. The predicted molar refractivity (Wildman–Crippen MR) is 49.8 cm³/mol. The summed E-state index contributed by atoms with van der Waals surface area (Å²) < 4.78 is 25.5. The Balaban J connectivity index is 3.10. The second kappa shape index (κ2) is 4.19. The number of nitrogens with two attached hydrogens (primary N) is 1. The second-order valence-corrected chi connectivity index (χ2v) is 2.93. The van der Waals surface area contributed by atoms with Crippen LogP contribution < -0.4 is 5.73 Å². The fraction of sp³-hybridized carbons (Fsp3) is 0.200. The Morgan fingerprint density at radius 1 is 1.50 bits per heavy atom. The number of hydrogen-bond acceptors (Lipinski definition) is 2. The summed E-state index contributed by atoms with van der Waals surface area (Å²) in [6.45, 7) is 3.47. The van der Waals surface area contributed by atoms with Gasteiger partial charge in [-0.2, -0.15) is 4.39 Å². The van der Waals surface area contributed by atoms with Gasteiger partial charge in [-0.05, 0) is 12.5 Å². The summed E-state index contributed by atoms with van der Waals surface area (Å²) in [5, 5.41) is 9.25. The summed E-state index contributed by atoms with van der Waals surface area (Å²) in [5.41, 5.74) is 5.79. The van der Waals surface area contributed by atoms with Gasteiger partial charge in [-0.15, -0.1) is 6.58 Å². The van der Waals surface area contributed by atoms with E-state index < -0.39 is 23.4 Å². The molecule has 0 spiro atoms. The molecule has 4 heteroatoms. The van der Waals surface area contributed by atoms with E-state index in [0.717, 1.165) is 6.07 Å². The van der Waals surface area contributed by atoms with Crippen molar-refractivity contribution in [1.29, 1.82) is 0 Å². The van der Waals surface area contributed by atoms with Gasteiger partial charge in [0, 0.05) is 11.6 Å². The molecule has 0 aliphatic carbocycles. The van der Waals surface area contributed by atoms with Crippen molar-refractivity contribution in [3.63, 3.8) is 0 Å². The van der Waals surface area contributed by atoms with Crippen LogP contribution in [0.25, 0.3) is 0 Å². The molecule has 0 heterocycles. The molecule has 0 radical (unpaired) electrons. The highest BCUT2D eigenvalue weighted by Crippen LogP contribution is 2.28. The minimum atomic E-state index is -1.26. The van der Waals surface area contributed by atoms with E-state index in [1.165, 1.54) is 6.07 Å². The molecule has 0 saturated carbocycles. The van der Waals surface area contributed by atoms with Gasteiger partial charge in [0.05, 0.1) is 0 Å². The Kier molecular flexibility index (Phi) is 3.19. The number of rotatable bonds is 3. The zero-order valence-electron chi connectivity index (χ0n) is 7.50. The molecule has 1 rings (SSSR count). The number of benzene rings is 1. The molecule has 0 aromatic heterocycles. The van der Waals surface area contributed by atoms with Crippen LogP contribution in [-0.2, 0) is 0 Å². The maximum atomic E-state index is 12.9. The van der Waals surface area contributed by atoms with Crippen molar-refractivity contribution in [2.24, 2.45) is 5.73 Å². The zero-order valence-corrected chi connectivity index (χ0v) is 7.50. The fourth-order valence-corrected chi connectivity index (χ4v) is 1.16. The van der Waals surface area contributed by atoms with Gasteiger partial charge in [-0.1, -0.05) is 12.1 Å². The maximum Gasteiger partial charge on any atom is 0.200 e. The van der Waals surface area contributed by atoms with Gasteiger partial charge < -0.3 is 10.8 Å². The molecule has 0 saturated heterocycles. The van der Waals surface area contributed by atoms with Crippen molar-refractivity contribution < 1.29 is 13.9 Å². The second-order valence-electron chi connectivity index (χ2n) is 2.93. The van der Waals surface area contributed by atoms with Crippen molar-refractivity contribution in [3.8, 4) is 5.75 Å². The Morgan fingerprint density at radius 3 is 2.71 bits per heavy atom. The molecule has 1 aromatic rings. The third-order valence-corrected chi connectivity index (χ3v) is 1.92. The molecular weight excluding hydrogens is 188 g/mol. The first kappa shape index (κ1) is 10.7. The van der Waals surface area contributed by atoms with Crippen molar-refractivity contribution in [3.05, 3.63) is 42.0 Å². The van der Waals surface area contributed by atoms with E-state index >= 15 is 0 Å². The Morgan fingerprint density at radius 2 is 2.14 bits per heavy atom. The summed E-state index contributed by atoms with van der Waals surface area (Å²) >= 11 is 0. The summed E-state index contributed by atoms with van der Waals surface area (Å²) in [5.74, 6) is -3.07. The van der Waals surface area contributed by atoms with E-state index in [2.05, 4.69) is 6.58 Å². The Bertz CT molecular complexity index is 352. The highest BCUT2D eigenvalue weighted by atomic mass is 19.2. The predicted octanol–water partition coefficient (Wildman–Crippen LogP) is 2.25. The maximum absolute atomic E-state index is 12.9. The number of aromatic hydroxyl groups is 1. The van der Waals surface area contributed by atoms with Crippen LogP contribution in [0.3, 0.4) is 0 Å². The molecule has 76 valence electrons. The molecule has 2 nitrogen and oxygen atoms in total. The lowest BCUT2D eigenvalue weighted by molar-refractivity contribution is 0.397. The third kappa shape index (κ3) is 1.90. The standard InChI is InChI=1S/C10H11F2NO/c1-2-3-8(13)6-4-5-7(11)9(12)10(6)14/h2,4-5,8,14H,1,3,13H2/t8-/m0/s1. The van der Waals surface area contributed by atoms with Crippen LogP contribution in [0.15, 0.2) is 24.8 Å². The monoisotopic (exact) mass is 199 g/mol. The molecular formula is C10H11F2NO. The molecule has 1 aromatic carbocycles. The topological polar surface area (TPSA) is 46.2 Å². The van der Waals surface area contributed by atoms with Crippen molar-refractivity contribution >= 4 is 0 Å². The van der Waals surface area contributed by atoms with Crippen LogP contribution in [0.5, 0.6) is 5.75 Å². The molecule has 0 amide bonds. The highest BCUT2D eigenvalue weighted by molar-refractivity contribution is 5.36. The van der Waals surface area contributed by atoms with Crippen LogP contribution in [-0.4, -0.2) is 5.11 Å². The largest absolute Gasteiger partial charge is 0.505 e. The molecule has 0 aliphatic rings. The van der Waals surface area contributed by atoms with E-state index in [9.17, 15) is 13.9 Å². The molecule has 1 atom stereocenters. The molecule has 0 fully saturated rings. The average Bonchev–Trinajstić information content (AvgIpc) is 2.15. The molecule has 0 unspecified atom stereocenters. The number of phenolic OH excluding ortho intramolecular Hbond substituents is 1. The molecule has 3 N–H and O–H groups in total. The molecule has 0 aliphatic heterocycles. The van der Waals surface area contributed by atoms with Crippen LogP contribution >= 0.6 is 0 Å².